The Morgan fingerprint density at radius 3 is 3.07 bits per heavy atom. The first kappa shape index (κ1) is 10.4. The highest BCUT2D eigenvalue weighted by molar-refractivity contribution is 6.21. The third-order valence-corrected chi connectivity index (χ3v) is 2.70. The SMILES string of the molecule is Cn1cnc(C(=O)NC2COCC2Cl)c1. The van der Waals surface area contributed by atoms with E-state index in [1.165, 1.54) is 0 Å². The molecule has 1 aliphatic rings. The molecule has 1 aliphatic heterocycles. The van der Waals surface area contributed by atoms with Crippen molar-refractivity contribution >= 4 is 17.5 Å². The highest BCUT2D eigenvalue weighted by Gasteiger charge is 2.28. The third kappa shape index (κ3) is 2.30. The zero-order valence-electron chi connectivity index (χ0n) is 8.31. The lowest BCUT2D eigenvalue weighted by atomic mass is 10.2. The lowest BCUT2D eigenvalue weighted by Crippen LogP contribution is -2.40. The van der Waals surface area contributed by atoms with Gasteiger partial charge in [-0.05, 0) is 0 Å². The summed E-state index contributed by atoms with van der Waals surface area (Å²) in [5, 5.41) is 2.63. The minimum atomic E-state index is -0.211. The predicted octanol–water partition coefficient (Wildman–Crippen LogP) is 0.156. The highest BCUT2D eigenvalue weighted by Crippen LogP contribution is 2.12. The van der Waals surface area contributed by atoms with Crippen LogP contribution in [0.4, 0.5) is 0 Å². The van der Waals surface area contributed by atoms with E-state index in [1.807, 2.05) is 7.05 Å². The van der Waals surface area contributed by atoms with Crippen LogP contribution in [-0.4, -0.2) is 40.1 Å². The van der Waals surface area contributed by atoms with Gasteiger partial charge in [0.2, 0.25) is 0 Å². The van der Waals surface area contributed by atoms with Crippen LogP contribution in [0.5, 0.6) is 0 Å². The van der Waals surface area contributed by atoms with Crippen LogP contribution >= 0.6 is 11.6 Å². The molecular formula is C9H12ClN3O2. The van der Waals surface area contributed by atoms with E-state index < -0.39 is 0 Å². The fraction of sp³-hybridized carbons (Fsp3) is 0.556. The van der Waals surface area contributed by atoms with Crippen LogP contribution in [0, 0.1) is 0 Å². The normalized spacial score (nSPS) is 25.5. The van der Waals surface area contributed by atoms with Crippen LogP contribution in [0.3, 0.4) is 0 Å². The minimum absolute atomic E-state index is 0.124. The molecular weight excluding hydrogens is 218 g/mol. The predicted molar refractivity (Wildman–Crippen MR) is 54.9 cm³/mol. The average molecular weight is 230 g/mol. The molecule has 6 heteroatoms. The standard InChI is InChI=1S/C9H12ClN3O2/c1-13-2-7(11-5-13)9(14)12-8-4-15-3-6(8)10/h2,5-6,8H,3-4H2,1H3,(H,12,14). The number of imidazole rings is 1. The van der Waals surface area contributed by atoms with Crippen molar-refractivity contribution in [2.75, 3.05) is 13.2 Å². The molecule has 2 atom stereocenters. The van der Waals surface area contributed by atoms with E-state index in [9.17, 15) is 4.79 Å². The number of aryl methyl sites for hydroxylation is 1. The fourth-order valence-corrected chi connectivity index (χ4v) is 1.66. The molecule has 1 aromatic heterocycles. The number of hydrogen-bond donors (Lipinski definition) is 1. The van der Waals surface area contributed by atoms with Gasteiger partial charge in [0.15, 0.2) is 0 Å². The maximum atomic E-state index is 11.7. The van der Waals surface area contributed by atoms with E-state index in [4.69, 9.17) is 16.3 Å². The summed E-state index contributed by atoms with van der Waals surface area (Å²) in [4.78, 5) is 15.6. The number of ether oxygens (including phenoxy) is 1. The second kappa shape index (κ2) is 4.20. The first-order chi connectivity index (χ1) is 7.16. The van der Waals surface area contributed by atoms with Gasteiger partial charge in [0, 0.05) is 13.2 Å². The van der Waals surface area contributed by atoms with Gasteiger partial charge in [-0.15, -0.1) is 11.6 Å². The molecule has 1 aromatic rings. The molecule has 0 radical (unpaired) electrons. The molecule has 1 fully saturated rings. The van der Waals surface area contributed by atoms with Crippen molar-refractivity contribution in [1.29, 1.82) is 0 Å². The quantitative estimate of drug-likeness (QED) is 0.735. The molecule has 82 valence electrons. The van der Waals surface area contributed by atoms with Gasteiger partial charge in [-0.2, -0.15) is 0 Å². The molecule has 2 unspecified atom stereocenters. The lowest BCUT2D eigenvalue weighted by Gasteiger charge is -2.12. The lowest BCUT2D eigenvalue weighted by molar-refractivity contribution is 0.0925. The van der Waals surface area contributed by atoms with Gasteiger partial charge in [-0.25, -0.2) is 4.98 Å². The van der Waals surface area contributed by atoms with Crippen molar-refractivity contribution in [3.63, 3.8) is 0 Å². The summed E-state index contributed by atoms with van der Waals surface area (Å²) < 4.78 is 6.86. The number of nitrogens with zero attached hydrogens (tertiary/aromatic N) is 2. The molecule has 0 bridgehead atoms. The van der Waals surface area contributed by atoms with Crippen LogP contribution in [0.1, 0.15) is 10.5 Å². The van der Waals surface area contributed by atoms with Gasteiger partial charge in [0.05, 0.1) is 31.0 Å². The third-order valence-electron chi connectivity index (χ3n) is 2.27. The van der Waals surface area contributed by atoms with E-state index in [1.54, 1.807) is 17.1 Å². The van der Waals surface area contributed by atoms with Crippen LogP contribution in [0.15, 0.2) is 12.5 Å². The Labute approximate surface area is 92.4 Å². The van der Waals surface area contributed by atoms with Crippen molar-refractivity contribution in [1.82, 2.24) is 14.9 Å². The van der Waals surface area contributed by atoms with Crippen molar-refractivity contribution in [2.24, 2.45) is 7.05 Å². The molecule has 0 saturated carbocycles. The Hall–Kier alpha value is -1.07. The monoisotopic (exact) mass is 229 g/mol. The summed E-state index contributed by atoms with van der Waals surface area (Å²) in [6.07, 6.45) is 3.24. The number of amides is 1. The fourth-order valence-electron chi connectivity index (χ4n) is 1.43. The number of halogens is 1. The van der Waals surface area contributed by atoms with Gasteiger partial charge < -0.3 is 14.6 Å². The summed E-state index contributed by atoms with van der Waals surface area (Å²) in [6, 6.07) is -0.124. The van der Waals surface area contributed by atoms with Crippen LogP contribution < -0.4 is 5.32 Å². The zero-order valence-corrected chi connectivity index (χ0v) is 9.07. The van der Waals surface area contributed by atoms with Crippen LogP contribution in [0.2, 0.25) is 0 Å². The van der Waals surface area contributed by atoms with E-state index in [2.05, 4.69) is 10.3 Å². The molecule has 1 amide bonds. The maximum Gasteiger partial charge on any atom is 0.271 e. The Morgan fingerprint density at radius 2 is 2.53 bits per heavy atom. The summed E-state index contributed by atoms with van der Waals surface area (Å²) in [5.74, 6) is -0.211. The van der Waals surface area contributed by atoms with Crippen LogP contribution in [0.25, 0.3) is 0 Å². The largest absolute Gasteiger partial charge is 0.378 e. The van der Waals surface area contributed by atoms with E-state index in [0.29, 0.717) is 18.9 Å². The number of hydrogen-bond acceptors (Lipinski definition) is 3. The molecule has 5 nitrogen and oxygen atoms in total. The minimum Gasteiger partial charge on any atom is -0.378 e. The number of alkyl halides is 1. The number of aromatic nitrogens is 2. The Morgan fingerprint density at radius 1 is 1.73 bits per heavy atom. The number of carbonyl (C=O) groups is 1. The topological polar surface area (TPSA) is 56.2 Å². The molecule has 0 aromatic carbocycles. The first-order valence-corrected chi connectivity index (χ1v) is 5.11. The molecule has 2 heterocycles. The van der Waals surface area contributed by atoms with Gasteiger partial charge >= 0.3 is 0 Å². The van der Waals surface area contributed by atoms with Gasteiger partial charge in [-0.3, -0.25) is 4.79 Å². The molecule has 2 rings (SSSR count). The maximum absolute atomic E-state index is 11.7. The molecule has 0 spiro atoms. The van der Waals surface area contributed by atoms with Gasteiger partial charge in [0.25, 0.3) is 5.91 Å². The van der Waals surface area contributed by atoms with Crippen molar-refractivity contribution in [2.45, 2.75) is 11.4 Å². The Kier molecular flexibility index (Phi) is 2.93. The van der Waals surface area contributed by atoms with Crippen molar-refractivity contribution < 1.29 is 9.53 Å². The van der Waals surface area contributed by atoms with E-state index in [0.717, 1.165) is 0 Å². The van der Waals surface area contributed by atoms with Crippen LogP contribution in [-0.2, 0) is 11.8 Å². The molecule has 0 aliphatic carbocycles. The number of rotatable bonds is 2. The number of carbonyl (C=O) groups excluding carboxylic acids is 1. The second-order valence-electron chi connectivity index (χ2n) is 3.56. The summed E-state index contributed by atoms with van der Waals surface area (Å²) in [7, 11) is 1.81. The zero-order chi connectivity index (χ0) is 10.8. The number of nitrogens with one attached hydrogen (secondary N) is 1. The average Bonchev–Trinajstić information content (AvgIpc) is 2.77. The summed E-state index contributed by atoms with van der Waals surface area (Å²) in [6.45, 7) is 0.946. The van der Waals surface area contributed by atoms with E-state index >= 15 is 0 Å². The molecule has 15 heavy (non-hydrogen) atoms. The highest BCUT2D eigenvalue weighted by atomic mass is 35.5. The van der Waals surface area contributed by atoms with Crippen molar-refractivity contribution in [3.05, 3.63) is 18.2 Å². The van der Waals surface area contributed by atoms with Crippen molar-refractivity contribution in [3.8, 4) is 0 Å². The molecule has 1 N–H and O–H groups in total. The van der Waals surface area contributed by atoms with Gasteiger partial charge in [0.1, 0.15) is 5.69 Å². The smallest absolute Gasteiger partial charge is 0.271 e. The van der Waals surface area contributed by atoms with E-state index in [-0.39, 0.29) is 17.3 Å². The summed E-state index contributed by atoms with van der Waals surface area (Å²) in [5.41, 5.74) is 0.397. The first-order valence-electron chi connectivity index (χ1n) is 4.67. The summed E-state index contributed by atoms with van der Waals surface area (Å²) >= 11 is 5.95. The Balaban J connectivity index is 1.97. The van der Waals surface area contributed by atoms with Gasteiger partial charge in [-0.1, -0.05) is 0 Å². The Bertz CT molecular complexity index is 366. The molecule has 1 saturated heterocycles. The second-order valence-corrected chi connectivity index (χ2v) is 4.12.